The van der Waals surface area contributed by atoms with Crippen LogP contribution in [-0.2, 0) is 5.54 Å². The minimum atomic E-state index is -0.255. The molecule has 5 rings (SSSR count). The molecule has 0 radical (unpaired) electrons. The highest BCUT2D eigenvalue weighted by atomic mass is 16.2. The van der Waals surface area contributed by atoms with Gasteiger partial charge in [0.05, 0.1) is 22.2 Å². The molecule has 33 heavy (non-hydrogen) atoms. The van der Waals surface area contributed by atoms with E-state index in [0.29, 0.717) is 22.7 Å². The molecule has 2 saturated carbocycles. The van der Waals surface area contributed by atoms with Gasteiger partial charge in [0.15, 0.2) is 5.65 Å². The summed E-state index contributed by atoms with van der Waals surface area (Å²) < 4.78 is 1.93. The van der Waals surface area contributed by atoms with E-state index in [-0.39, 0.29) is 23.4 Å². The second-order valence-electron chi connectivity index (χ2n) is 10.5. The molecule has 2 aliphatic rings. The quantitative estimate of drug-likeness (QED) is 0.589. The summed E-state index contributed by atoms with van der Waals surface area (Å²) in [4.78, 5) is 31.0. The molecule has 1 aromatic carbocycles. The zero-order valence-electron chi connectivity index (χ0n) is 20.0. The van der Waals surface area contributed by atoms with E-state index < -0.39 is 0 Å². The molecule has 172 valence electrons. The minimum Gasteiger partial charge on any atom is -0.349 e. The minimum absolute atomic E-state index is 0.0994. The van der Waals surface area contributed by atoms with Crippen molar-refractivity contribution in [3.05, 3.63) is 52.3 Å². The van der Waals surface area contributed by atoms with Crippen molar-refractivity contribution in [1.82, 2.24) is 20.1 Å². The lowest BCUT2D eigenvalue weighted by Gasteiger charge is -2.20. The normalized spacial score (nSPS) is 16.2. The average molecular weight is 446 g/mol. The van der Waals surface area contributed by atoms with Gasteiger partial charge in [0.1, 0.15) is 0 Å². The van der Waals surface area contributed by atoms with Crippen molar-refractivity contribution in [1.29, 1.82) is 0 Å². The third kappa shape index (κ3) is 4.24. The Hall–Kier alpha value is -3.22. The third-order valence-electron chi connectivity index (χ3n) is 6.37. The number of hydrogen-bond acceptors (Lipinski definition) is 4. The summed E-state index contributed by atoms with van der Waals surface area (Å²) in [5.41, 5.74) is 4.92. The van der Waals surface area contributed by atoms with E-state index in [1.807, 2.05) is 30.7 Å². The molecule has 2 aromatic heterocycles. The SMILES string of the molecule is Cc1ccc(C(=O)NC2CC2)cc1NC(=O)c1cc(C2CC2)nc2c1c(C)nn2C(C)(C)C. The van der Waals surface area contributed by atoms with Crippen molar-refractivity contribution >= 4 is 28.5 Å². The summed E-state index contributed by atoms with van der Waals surface area (Å²) in [7, 11) is 0. The number of fused-ring (bicyclic) bond motifs is 1. The number of aromatic nitrogens is 3. The number of amides is 2. The molecule has 2 fully saturated rings. The molecule has 2 heterocycles. The van der Waals surface area contributed by atoms with Crippen LogP contribution in [0.25, 0.3) is 11.0 Å². The van der Waals surface area contributed by atoms with E-state index in [2.05, 4.69) is 31.4 Å². The summed E-state index contributed by atoms with van der Waals surface area (Å²) in [5, 5.41) is 11.6. The van der Waals surface area contributed by atoms with Crippen molar-refractivity contribution < 1.29 is 9.59 Å². The molecule has 0 atom stereocenters. The lowest BCUT2D eigenvalue weighted by molar-refractivity contribution is 0.0949. The molecule has 2 aliphatic carbocycles. The van der Waals surface area contributed by atoms with Gasteiger partial charge >= 0.3 is 0 Å². The zero-order chi connectivity index (χ0) is 23.5. The van der Waals surface area contributed by atoms with Crippen LogP contribution in [0.3, 0.4) is 0 Å². The van der Waals surface area contributed by atoms with Crippen LogP contribution < -0.4 is 10.6 Å². The first-order valence-electron chi connectivity index (χ1n) is 11.8. The Kier molecular flexibility index (Phi) is 5.03. The Labute approximate surface area is 194 Å². The number of rotatable bonds is 5. The van der Waals surface area contributed by atoms with Gasteiger partial charge in [0.25, 0.3) is 11.8 Å². The van der Waals surface area contributed by atoms with E-state index in [1.54, 1.807) is 12.1 Å². The number of carbonyl (C=O) groups is 2. The average Bonchev–Trinajstić information content (AvgIpc) is 3.67. The van der Waals surface area contributed by atoms with Gasteiger partial charge < -0.3 is 10.6 Å². The van der Waals surface area contributed by atoms with Crippen LogP contribution in [0.5, 0.6) is 0 Å². The van der Waals surface area contributed by atoms with Crippen LogP contribution in [0.2, 0.25) is 0 Å². The maximum absolute atomic E-state index is 13.6. The Morgan fingerprint density at radius 1 is 1.03 bits per heavy atom. The predicted molar refractivity (Wildman–Crippen MR) is 129 cm³/mol. The van der Waals surface area contributed by atoms with Crippen molar-refractivity contribution in [2.24, 2.45) is 0 Å². The van der Waals surface area contributed by atoms with Gasteiger partial charge in [0, 0.05) is 28.9 Å². The molecular formula is C26H31N5O2. The summed E-state index contributed by atoms with van der Waals surface area (Å²) in [6, 6.07) is 7.64. The summed E-state index contributed by atoms with van der Waals surface area (Å²) in [6.07, 6.45) is 4.26. The van der Waals surface area contributed by atoms with Gasteiger partial charge in [0.2, 0.25) is 0 Å². The van der Waals surface area contributed by atoms with Gasteiger partial charge in [-0.1, -0.05) is 6.07 Å². The lowest BCUT2D eigenvalue weighted by Crippen LogP contribution is -2.25. The predicted octanol–water partition coefficient (Wildman–Crippen LogP) is 4.83. The number of hydrogen-bond donors (Lipinski definition) is 2. The van der Waals surface area contributed by atoms with E-state index in [9.17, 15) is 9.59 Å². The molecule has 0 bridgehead atoms. The third-order valence-corrected chi connectivity index (χ3v) is 6.37. The Morgan fingerprint density at radius 3 is 2.39 bits per heavy atom. The summed E-state index contributed by atoms with van der Waals surface area (Å²) >= 11 is 0. The first-order chi connectivity index (χ1) is 15.6. The molecule has 2 N–H and O–H groups in total. The highest BCUT2D eigenvalue weighted by Gasteiger charge is 2.30. The van der Waals surface area contributed by atoms with E-state index in [0.717, 1.165) is 53.7 Å². The summed E-state index contributed by atoms with van der Waals surface area (Å²) in [6.45, 7) is 10.1. The van der Waals surface area contributed by atoms with Crippen LogP contribution in [0.4, 0.5) is 5.69 Å². The molecule has 0 saturated heterocycles. The fourth-order valence-corrected chi connectivity index (χ4v) is 4.13. The molecule has 0 aliphatic heterocycles. The topological polar surface area (TPSA) is 88.9 Å². The number of nitrogens with zero attached hydrogens (tertiary/aromatic N) is 3. The van der Waals surface area contributed by atoms with Crippen molar-refractivity contribution in [2.75, 3.05) is 5.32 Å². The zero-order valence-corrected chi connectivity index (χ0v) is 20.0. The number of nitrogens with one attached hydrogen (secondary N) is 2. The van der Waals surface area contributed by atoms with Crippen LogP contribution in [-0.4, -0.2) is 32.6 Å². The molecule has 0 unspecified atom stereocenters. The van der Waals surface area contributed by atoms with E-state index in [1.165, 1.54) is 0 Å². The maximum atomic E-state index is 13.6. The first-order valence-corrected chi connectivity index (χ1v) is 11.8. The monoisotopic (exact) mass is 445 g/mol. The van der Waals surface area contributed by atoms with Gasteiger partial charge in [-0.25, -0.2) is 9.67 Å². The maximum Gasteiger partial charge on any atom is 0.256 e. The number of pyridine rings is 1. The highest BCUT2D eigenvalue weighted by molar-refractivity contribution is 6.13. The Balaban J connectivity index is 1.53. The second-order valence-corrected chi connectivity index (χ2v) is 10.5. The second kappa shape index (κ2) is 7.68. The Morgan fingerprint density at radius 2 is 1.76 bits per heavy atom. The molecule has 3 aromatic rings. The standard InChI is InChI=1S/C26H31N5O2/c1-14-6-7-17(24(32)27-18-10-11-18)12-20(14)29-25(33)19-13-21(16-8-9-16)28-23-22(19)15(2)30-31(23)26(3,4)5/h6-7,12-13,16,18H,8-11H2,1-5H3,(H,27,32)(H,29,33). The molecule has 0 spiro atoms. The first kappa shape index (κ1) is 21.6. The molecule has 7 heteroatoms. The van der Waals surface area contributed by atoms with Crippen molar-refractivity contribution in [2.45, 2.75) is 77.8 Å². The van der Waals surface area contributed by atoms with E-state index in [4.69, 9.17) is 10.1 Å². The number of anilines is 1. The van der Waals surface area contributed by atoms with Crippen LogP contribution >= 0.6 is 0 Å². The van der Waals surface area contributed by atoms with Gasteiger partial charge in [-0.2, -0.15) is 5.10 Å². The smallest absolute Gasteiger partial charge is 0.256 e. The van der Waals surface area contributed by atoms with Crippen molar-refractivity contribution in [3.8, 4) is 0 Å². The van der Waals surface area contributed by atoms with Gasteiger partial charge in [-0.3, -0.25) is 9.59 Å². The van der Waals surface area contributed by atoms with Crippen LogP contribution in [0.15, 0.2) is 24.3 Å². The number of carbonyl (C=O) groups excluding carboxylic acids is 2. The lowest BCUT2D eigenvalue weighted by atomic mass is 10.0. The Bertz CT molecular complexity index is 1280. The van der Waals surface area contributed by atoms with Gasteiger partial charge in [-0.05, 0) is 84.1 Å². The van der Waals surface area contributed by atoms with Gasteiger partial charge in [-0.15, -0.1) is 0 Å². The fraction of sp³-hybridized carbons (Fsp3) is 0.462. The fourth-order valence-electron chi connectivity index (χ4n) is 4.13. The van der Waals surface area contributed by atoms with E-state index >= 15 is 0 Å². The molecule has 2 amide bonds. The largest absolute Gasteiger partial charge is 0.349 e. The highest BCUT2D eigenvalue weighted by Crippen LogP contribution is 2.41. The van der Waals surface area contributed by atoms with Crippen LogP contribution in [0.1, 0.15) is 90.0 Å². The number of benzene rings is 1. The van der Waals surface area contributed by atoms with Crippen LogP contribution in [0, 0.1) is 13.8 Å². The molecule has 7 nitrogen and oxygen atoms in total. The summed E-state index contributed by atoms with van der Waals surface area (Å²) in [5.74, 6) is 0.0992. The van der Waals surface area contributed by atoms with Crippen molar-refractivity contribution in [3.63, 3.8) is 0 Å². The number of aryl methyl sites for hydroxylation is 2. The molecular weight excluding hydrogens is 414 g/mol.